The summed E-state index contributed by atoms with van der Waals surface area (Å²) in [5.74, 6) is 0. The number of aromatic nitrogens is 3. The maximum atomic E-state index is 13.4. The van der Waals surface area contributed by atoms with E-state index >= 15 is 0 Å². The summed E-state index contributed by atoms with van der Waals surface area (Å²) in [6.45, 7) is 5.45. The number of fused-ring (bicyclic) bond motifs is 3. The minimum atomic E-state index is -4.30. The number of hydrogen-bond acceptors (Lipinski definition) is 5. The average Bonchev–Trinajstić information content (AvgIpc) is 3.30. The van der Waals surface area contributed by atoms with Crippen molar-refractivity contribution < 1.29 is 17.6 Å². The van der Waals surface area contributed by atoms with Crippen molar-refractivity contribution >= 4 is 16.6 Å². The van der Waals surface area contributed by atoms with Gasteiger partial charge in [0.25, 0.3) is 0 Å². The number of likely N-dealkylation sites (tertiary alicyclic amines) is 1. The molecular formula is C25H32F4N6. The molecular weight excluding hydrogens is 460 g/mol. The highest BCUT2D eigenvalue weighted by atomic mass is 19.4. The van der Waals surface area contributed by atoms with Gasteiger partial charge in [-0.15, -0.1) is 0 Å². The summed E-state index contributed by atoms with van der Waals surface area (Å²) in [7, 11) is 0. The second-order valence-corrected chi connectivity index (χ2v) is 8.82. The van der Waals surface area contributed by atoms with Gasteiger partial charge in [-0.2, -0.15) is 18.3 Å². The first kappa shape index (κ1) is 25.4. The minimum Gasteiger partial charge on any atom is -0.378 e. The molecule has 1 saturated heterocycles. The molecule has 0 spiro atoms. The first-order valence-corrected chi connectivity index (χ1v) is 12.2. The first-order valence-electron chi connectivity index (χ1n) is 12.2. The third-order valence-corrected chi connectivity index (χ3v) is 6.47. The summed E-state index contributed by atoms with van der Waals surface area (Å²) in [6, 6.07) is 7.13. The summed E-state index contributed by atoms with van der Waals surface area (Å²) in [6.07, 6.45) is 0.205. The monoisotopic (exact) mass is 492 g/mol. The average molecular weight is 493 g/mol. The Hall–Kier alpha value is -2.72. The van der Waals surface area contributed by atoms with Crippen LogP contribution in [0.3, 0.4) is 0 Å². The fourth-order valence-corrected chi connectivity index (χ4v) is 4.97. The number of H-pyrrole nitrogens is 1. The zero-order valence-electron chi connectivity index (χ0n) is 20.1. The molecule has 0 bridgehead atoms. The second-order valence-electron chi connectivity index (χ2n) is 8.82. The molecule has 10 heteroatoms. The van der Waals surface area contributed by atoms with Gasteiger partial charge in [0, 0.05) is 31.6 Å². The van der Waals surface area contributed by atoms with Crippen LogP contribution in [0.1, 0.15) is 43.1 Å². The smallest absolute Gasteiger partial charge is 0.378 e. The van der Waals surface area contributed by atoms with E-state index in [-0.39, 0.29) is 12.7 Å². The van der Waals surface area contributed by atoms with E-state index in [2.05, 4.69) is 25.4 Å². The van der Waals surface area contributed by atoms with E-state index in [1.807, 2.05) is 38.1 Å². The Morgan fingerprint density at radius 1 is 1.11 bits per heavy atom. The van der Waals surface area contributed by atoms with Crippen molar-refractivity contribution in [2.45, 2.75) is 44.9 Å². The van der Waals surface area contributed by atoms with Gasteiger partial charge >= 0.3 is 6.18 Å². The molecule has 0 amide bonds. The summed E-state index contributed by atoms with van der Waals surface area (Å²) >= 11 is 0. The maximum Gasteiger partial charge on any atom is 0.401 e. The quantitative estimate of drug-likeness (QED) is 0.457. The van der Waals surface area contributed by atoms with Gasteiger partial charge in [-0.05, 0) is 42.2 Å². The Morgan fingerprint density at radius 2 is 1.91 bits per heavy atom. The summed E-state index contributed by atoms with van der Waals surface area (Å²) in [4.78, 5) is 8.21. The Kier molecular flexibility index (Phi) is 7.91. The number of pyridine rings is 1. The number of aromatic amines is 1. The highest BCUT2D eigenvalue weighted by molar-refractivity contribution is 5.83. The SMILES string of the molecule is CC.FCCCN1CC(Nc2ccc(C3c4ccc5[nH]ncc5c4CCN3CC(F)(F)F)nc2)C1. The summed E-state index contributed by atoms with van der Waals surface area (Å²) < 4.78 is 52.4. The van der Waals surface area contributed by atoms with Gasteiger partial charge in [0.15, 0.2) is 0 Å². The number of rotatable bonds is 7. The first-order chi connectivity index (χ1) is 16.9. The third-order valence-electron chi connectivity index (χ3n) is 6.47. The molecule has 2 aliphatic rings. The summed E-state index contributed by atoms with van der Waals surface area (Å²) in [5.41, 5.74) is 4.17. The van der Waals surface area contributed by atoms with Crippen LogP contribution in [-0.4, -0.2) is 76.6 Å². The Bertz CT molecular complexity index is 1090. The molecule has 3 aromatic rings. The zero-order valence-corrected chi connectivity index (χ0v) is 20.1. The van der Waals surface area contributed by atoms with Gasteiger partial charge in [-0.3, -0.25) is 24.3 Å². The zero-order chi connectivity index (χ0) is 25.0. The number of nitrogens with zero attached hydrogens (tertiary/aromatic N) is 4. The van der Waals surface area contributed by atoms with Crippen molar-refractivity contribution in [2.75, 3.05) is 44.7 Å². The molecule has 2 aromatic heterocycles. The van der Waals surface area contributed by atoms with Crippen molar-refractivity contribution in [3.63, 3.8) is 0 Å². The molecule has 35 heavy (non-hydrogen) atoms. The predicted octanol–water partition coefficient (Wildman–Crippen LogP) is 4.95. The molecule has 2 aliphatic heterocycles. The molecule has 1 fully saturated rings. The van der Waals surface area contributed by atoms with Crippen LogP contribution in [0, 0.1) is 0 Å². The van der Waals surface area contributed by atoms with E-state index in [1.165, 1.54) is 4.90 Å². The van der Waals surface area contributed by atoms with E-state index in [1.54, 1.807) is 12.4 Å². The van der Waals surface area contributed by atoms with Crippen molar-refractivity contribution in [3.8, 4) is 0 Å². The van der Waals surface area contributed by atoms with E-state index in [4.69, 9.17) is 0 Å². The molecule has 4 heterocycles. The number of alkyl halides is 4. The van der Waals surface area contributed by atoms with Gasteiger partial charge in [-0.25, -0.2) is 0 Å². The van der Waals surface area contributed by atoms with Gasteiger partial charge in [-0.1, -0.05) is 19.9 Å². The van der Waals surface area contributed by atoms with Crippen LogP contribution in [0.4, 0.5) is 23.2 Å². The van der Waals surface area contributed by atoms with Gasteiger partial charge in [0.05, 0.1) is 54.6 Å². The lowest BCUT2D eigenvalue weighted by Crippen LogP contribution is -2.54. The highest BCUT2D eigenvalue weighted by Gasteiger charge is 2.38. The number of anilines is 1. The van der Waals surface area contributed by atoms with Gasteiger partial charge in [0.2, 0.25) is 0 Å². The van der Waals surface area contributed by atoms with Crippen LogP contribution >= 0.6 is 0 Å². The van der Waals surface area contributed by atoms with Crippen molar-refractivity contribution in [2.24, 2.45) is 0 Å². The third kappa shape index (κ3) is 5.75. The fourth-order valence-electron chi connectivity index (χ4n) is 4.97. The molecule has 0 radical (unpaired) electrons. The minimum absolute atomic E-state index is 0.267. The summed E-state index contributed by atoms with van der Waals surface area (Å²) in [5, 5.41) is 11.4. The predicted molar refractivity (Wildman–Crippen MR) is 129 cm³/mol. The standard InChI is InChI=1S/C23H26F4N6.C2H6/c24-7-1-8-32-12-16(13-32)30-15-2-4-21(28-10-15)22-18-3-5-20-19(11-29-31-20)17(18)6-9-33(22)14-23(25,26)27;1-2/h2-5,10-11,16,22,30H,1,6-9,12-14H2,(H,29,31);1-2H3. The largest absolute Gasteiger partial charge is 0.401 e. The molecule has 190 valence electrons. The van der Waals surface area contributed by atoms with Crippen molar-refractivity contribution in [1.82, 2.24) is 25.0 Å². The topological polar surface area (TPSA) is 60.1 Å². The van der Waals surface area contributed by atoms with Crippen LogP contribution in [0.15, 0.2) is 36.7 Å². The number of hydrogen-bond donors (Lipinski definition) is 2. The maximum absolute atomic E-state index is 13.4. The Balaban J connectivity index is 0.00000141. The van der Waals surface area contributed by atoms with Crippen LogP contribution in [0.2, 0.25) is 0 Å². The highest BCUT2D eigenvalue weighted by Crippen LogP contribution is 2.39. The normalized spacial score (nSPS) is 19.1. The molecule has 0 saturated carbocycles. The van der Waals surface area contributed by atoms with E-state index in [9.17, 15) is 17.6 Å². The van der Waals surface area contributed by atoms with Crippen molar-refractivity contribution in [1.29, 1.82) is 0 Å². The van der Waals surface area contributed by atoms with E-state index in [0.29, 0.717) is 25.1 Å². The van der Waals surface area contributed by atoms with E-state index < -0.39 is 18.8 Å². The van der Waals surface area contributed by atoms with E-state index in [0.717, 1.165) is 47.4 Å². The fraction of sp³-hybridized carbons (Fsp3) is 0.520. The van der Waals surface area contributed by atoms with Crippen LogP contribution in [0.5, 0.6) is 0 Å². The van der Waals surface area contributed by atoms with Gasteiger partial charge in [0.1, 0.15) is 0 Å². The Labute approximate surface area is 202 Å². The molecule has 6 nitrogen and oxygen atoms in total. The molecule has 1 unspecified atom stereocenters. The molecule has 1 atom stereocenters. The molecule has 1 aromatic carbocycles. The molecule has 2 N–H and O–H groups in total. The second kappa shape index (κ2) is 10.9. The van der Waals surface area contributed by atoms with Crippen LogP contribution in [0.25, 0.3) is 10.9 Å². The lowest BCUT2D eigenvalue weighted by molar-refractivity contribution is -0.150. The number of benzene rings is 1. The van der Waals surface area contributed by atoms with Gasteiger partial charge < -0.3 is 5.32 Å². The number of nitrogens with one attached hydrogen (secondary N) is 2. The van der Waals surface area contributed by atoms with Crippen LogP contribution in [-0.2, 0) is 6.42 Å². The lowest BCUT2D eigenvalue weighted by atomic mass is 9.88. The number of halogens is 4. The lowest BCUT2D eigenvalue weighted by Gasteiger charge is -2.40. The Morgan fingerprint density at radius 3 is 2.60 bits per heavy atom. The van der Waals surface area contributed by atoms with Crippen molar-refractivity contribution in [3.05, 3.63) is 53.5 Å². The molecule has 0 aliphatic carbocycles. The molecule has 5 rings (SSSR count). The van der Waals surface area contributed by atoms with Crippen LogP contribution < -0.4 is 5.32 Å².